The number of nitrogens with one attached hydrogen (secondary N) is 1. The highest BCUT2D eigenvalue weighted by Gasteiger charge is 2.48. The van der Waals surface area contributed by atoms with Gasteiger partial charge in [-0.2, -0.15) is 5.26 Å². The third kappa shape index (κ3) is 3.46. The highest BCUT2D eigenvalue weighted by Crippen LogP contribution is 2.41. The van der Waals surface area contributed by atoms with Crippen molar-refractivity contribution in [3.05, 3.63) is 0 Å². The molecule has 0 saturated heterocycles. The van der Waals surface area contributed by atoms with E-state index in [1.807, 2.05) is 0 Å². The van der Waals surface area contributed by atoms with Crippen molar-refractivity contribution in [2.24, 2.45) is 11.8 Å². The van der Waals surface area contributed by atoms with Gasteiger partial charge in [-0.25, -0.2) is 0 Å². The summed E-state index contributed by atoms with van der Waals surface area (Å²) >= 11 is 0. The summed E-state index contributed by atoms with van der Waals surface area (Å²) in [4.78, 5) is 2.45. The summed E-state index contributed by atoms with van der Waals surface area (Å²) in [6, 6.07) is 3.25. The van der Waals surface area contributed by atoms with E-state index in [2.05, 4.69) is 37.1 Å². The summed E-state index contributed by atoms with van der Waals surface area (Å²) in [5.41, 5.74) is -0.272. The predicted octanol–water partition coefficient (Wildman–Crippen LogP) is 2.39. The number of nitrogens with zero attached hydrogens (tertiary/aromatic N) is 2. The smallest absolute Gasteiger partial charge is 0.122 e. The highest BCUT2D eigenvalue weighted by molar-refractivity contribution is 5.18. The molecule has 0 aromatic heterocycles. The molecule has 102 valence electrons. The number of hydrogen-bond acceptors (Lipinski definition) is 3. The molecular formula is C15H27N3. The van der Waals surface area contributed by atoms with Crippen molar-refractivity contribution in [2.75, 3.05) is 19.6 Å². The van der Waals surface area contributed by atoms with Crippen LogP contribution in [-0.4, -0.2) is 36.1 Å². The van der Waals surface area contributed by atoms with E-state index in [4.69, 9.17) is 0 Å². The molecule has 3 nitrogen and oxygen atoms in total. The Morgan fingerprint density at radius 2 is 2.00 bits per heavy atom. The minimum absolute atomic E-state index is 0.272. The van der Waals surface area contributed by atoms with E-state index in [1.54, 1.807) is 0 Å². The lowest BCUT2D eigenvalue weighted by Crippen LogP contribution is -2.55. The topological polar surface area (TPSA) is 39.1 Å². The van der Waals surface area contributed by atoms with E-state index in [1.165, 1.54) is 25.7 Å². The minimum Gasteiger partial charge on any atom is -0.300 e. The first-order valence-corrected chi connectivity index (χ1v) is 7.51. The van der Waals surface area contributed by atoms with E-state index in [0.717, 1.165) is 19.6 Å². The van der Waals surface area contributed by atoms with Gasteiger partial charge in [0.1, 0.15) is 5.54 Å². The van der Waals surface area contributed by atoms with Gasteiger partial charge in [-0.1, -0.05) is 20.8 Å². The summed E-state index contributed by atoms with van der Waals surface area (Å²) in [7, 11) is 0. The van der Waals surface area contributed by atoms with E-state index < -0.39 is 0 Å². The van der Waals surface area contributed by atoms with Crippen LogP contribution in [0.15, 0.2) is 0 Å². The Bertz CT molecular complexity index is 312. The van der Waals surface area contributed by atoms with Crippen LogP contribution in [0.1, 0.15) is 46.5 Å². The maximum Gasteiger partial charge on any atom is 0.122 e. The molecular weight excluding hydrogens is 222 g/mol. The van der Waals surface area contributed by atoms with Gasteiger partial charge in [0.2, 0.25) is 0 Å². The van der Waals surface area contributed by atoms with Crippen LogP contribution in [0.3, 0.4) is 0 Å². The van der Waals surface area contributed by atoms with Gasteiger partial charge in [-0.3, -0.25) is 5.32 Å². The van der Waals surface area contributed by atoms with Crippen LogP contribution >= 0.6 is 0 Å². The SMILES string of the molecule is CCN(CC(C)C)CC(C#N)(NC1CC1)C1CC1. The molecule has 0 bridgehead atoms. The van der Waals surface area contributed by atoms with Crippen molar-refractivity contribution >= 4 is 0 Å². The van der Waals surface area contributed by atoms with Gasteiger partial charge in [-0.15, -0.1) is 0 Å². The average molecular weight is 249 g/mol. The predicted molar refractivity (Wildman–Crippen MR) is 74.2 cm³/mol. The Kier molecular flexibility index (Phi) is 4.29. The van der Waals surface area contributed by atoms with E-state index in [-0.39, 0.29) is 5.54 Å². The molecule has 3 heteroatoms. The van der Waals surface area contributed by atoms with Gasteiger partial charge >= 0.3 is 0 Å². The van der Waals surface area contributed by atoms with Crippen LogP contribution < -0.4 is 5.32 Å². The summed E-state index contributed by atoms with van der Waals surface area (Å²) in [5, 5.41) is 13.4. The Morgan fingerprint density at radius 3 is 2.39 bits per heavy atom. The van der Waals surface area contributed by atoms with Crippen LogP contribution in [0.25, 0.3) is 0 Å². The van der Waals surface area contributed by atoms with Crippen LogP contribution in [0.5, 0.6) is 0 Å². The summed E-state index contributed by atoms with van der Waals surface area (Å²) in [6.45, 7) is 9.75. The molecule has 2 aliphatic rings. The molecule has 2 rings (SSSR count). The van der Waals surface area contributed by atoms with Gasteiger partial charge in [0, 0.05) is 19.1 Å². The molecule has 0 amide bonds. The maximum absolute atomic E-state index is 9.70. The summed E-state index contributed by atoms with van der Waals surface area (Å²) < 4.78 is 0. The lowest BCUT2D eigenvalue weighted by atomic mass is 9.93. The lowest BCUT2D eigenvalue weighted by Gasteiger charge is -2.35. The first-order chi connectivity index (χ1) is 8.59. The molecule has 1 N–H and O–H groups in total. The second kappa shape index (κ2) is 5.59. The fourth-order valence-electron chi connectivity index (χ4n) is 2.79. The van der Waals surface area contributed by atoms with Crippen molar-refractivity contribution in [3.8, 4) is 6.07 Å². The molecule has 1 atom stereocenters. The number of rotatable bonds is 8. The van der Waals surface area contributed by atoms with Crippen molar-refractivity contribution in [1.29, 1.82) is 5.26 Å². The molecule has 18 heavy (non-hydrogen) atoms. The highest BCUT2D eigenvalue weighted by atomic mass is 15.2. The second-order valence-electron chi connectivity index (χ2n) is 6.50. The van der Waals surface area contributed by atoms with E-state index >= 15 is 0 Å². The van der Waals surface area contributed by atoms with Crippen LogP contribution in [-0.2, 0) is 0 Å². The first kappa shape index (κ1) is 13.8. The normalized spacial score (nSPS) is 23.1. The largest absolute Gasteiger partial charge is 0.300 e. The van der Waals surface area contributed by atoms with Crippen LogP contribution in [0.2, 0.25) is 0 Å². The zero-order valence-electron chi connectivity index (χ0n) is 12.1. The Morgan fingerprint density at radius 1 is 1.33 bits per heavy atom. The Balaban J connectivity index is 2.00. The maximum atomic E-state index is 9.70. The Hall–Kier alpha value is -0.590. The van der Waals surface area contributed by atoms with E-state index in [9.17, 15) is 5.26 Å². The van der Waals surface area contributed by atoms with Crippen LogP contribution in [0, 0.1) is 23.2 Å². The van der Waals surface area contributed by atoms with Gasteiger partial charge in [0.15, 0.2) is 0 Å². The molecule has 0 aliphatic heterocycles. The zero-order chi connectivity index (χ0) is 13.2. The molecule has 0 heterocycles. The Labute approximate surface area is 112 Å². The fraction of sp³-hybridized carbons (Fsp3) is 0.933. The standard InChI is InChI=1S/C15H27N3/c1-4-18(9-12(2)3)11-15(10-16,13-5-6-13)17-14-7-8-14/h12-14,17H,4-9,11H2,1-3H3. The molecule has 2 saturated carbocycles. The van der Waals surface area contributed by atoms with E-state index in [0.29, 0.717) is 17.9 Å². The monoisotopic (exact) mass is 249 g/mol. The van der Waals surface area contributed by atoms with Crippen LogP contribution in [0.4, 0.5) is 0 Å². The average Bonchev–Trinajstić information content (AvgIpc) is 3.17. The molecule has 2 fully saturated rings. The second-order valence-corrected chi connectivity index (χ2v) is 6.50. The van der Waals surface area contributed by atoms with Crippen molar-refractivity contribution in [1.82, 2.24) is 10.2 Å². The number of likely N-dealkylation sites (N-methyl/N-ethyl adjacent to an activating group) is 1. The zero-order valence-corrected chi connectivity index (χ0v) is 12.1. The lowest BCUT2D eigenvalue weighted by molar-refractivity contribution is 0.185. The van der Waals surface area contributed by atoms with Crippen molar-refractivity contribution in [3.63, 3.8) is 0 Å². The molecule has 0 spiro atoms. The minimum atomic E-state index is -0.272. The molecule has 0 aromatic carbocycles. The molecule has 0 radical (unpaired) electrons. The number of hydrogen-bond donors (Lipinski definition) is 1. The quantitative estimate of drug-likeness (QED) is 0.718. The third-order valence-corrected chi connectivity index (χ3v) is 4.06. The third-order valence-electron chi connectivity index (χ3n) is 4.06. The summed E-state index contributed by atoms with van der Waals surface area (Å²) in [5.74, 6) is 1.26. The van der Waals surface area contributed by atoms with Gasteiger partial charge in [0.05, 0.1) is 6.07 Å². The molecule has 2 aliphatic carbocycles. The van der Waals surface area contributed by atoms with Gasteiger partial charge < -0.3 is 4.90 Å². The van der Waals surface area contributed by atoms with Gasteiger partial charge in [0.25, 0.3) is 0 Å². The van der Waals surface area contributed by atoms with Crippen molar-refractivity contribution in [2.45, 2.75) is 58.0 Å². The first-order valence-electron chi connectivity index (χ1n) is 7.51. The fourth-order valence-corrected chi connectivity index (χ4v) is 2.79. The molecule has 0 aromatic rings. The van der Waals surface area contributed by atoms with Gasteiger partial charge in [-0.05, 0) is 44.1 Å². The molecule has 1 unspecified atom stereocenters. The summed E-state index contributed by atoms with van der Waals surface area (Å²) in [6.07, 6.45) is 4.97. The van der Waals surface area contributed by atoms with Crippen molar-refractivity contribution < 1.29 is 0 Å². The number of nitriles is 1.